The molecule has 3 aromatic rings. The number of aryl methyl sites for hydroxylation is 3. The molecule has 2 N–H and O–H groups in total. The normalized spacial score (nSPS) is 15.5. The Morgan fingerprint density at radius 1 is 1.07 bits per heavy atom. The first-order chi connectivity index (χ1) is 13.0. The van der Waals surface area contributed by atoms with Gasteiger partial charge in [-0.05, 0) is 31.9 Å². The molecule has 0 saturated heterocycles. The molecule has 1 amide bonds. The predicted molar refractivity (Wildman–Crippen MR) is 105 cm³/mol. The number of hydrogen-bond donors (Lipinski definition) is 1. The number of carbonyl (C=O) groups is 1. The van der Waals surface area contributed by atoms with Crippen molar-refractivity contribution in [1.82, 2.24) is 5.16 Å². The van der Waals surface area contributed by atoms with Crippen LogP contribution in [0.2, 0.25) is 0 Å². The highest BCUT2D eigenvalue weighted by Gasteiger charge is 2.31. The number of hydrogen-bond acceptors (Lipinski definition) is 4. The van der Waals surface area contributed by atoms with E-state index in [1.807, 2.05) is 13.0 Å². The van der Waals surface area contributed by atoms with E-state index in [9.17, 15) is 4.79 Å². The van der Waals surface area contributed by atoms with Crippen LogP contribution in [-0.2, 0) is 4.79 Å². The molecule has 2 aromatic carbocycles. The van der Waals surface area contributed by atoms with Crippen LogP contribution in [0.3, 0.4) is 0 Å². The van der Waals surface area contributed by atoms with Gasteiger partial charge in [0.25, 0.3) is 0 Å². The number of aliphatic imine (C=N–C) groups is 1. The Hall–Kier alpha value is -3.21. The number of aromatic nitrogens is 1. The van der Waals surface area contributed by atoms with Crippen molar-refractivity contribution in [3.63, 3.8) is 0 Å². The highest BCUT2D eigenvalue weighted by molar-refractivity contribution is 6.18. The van der Waals surface area contributed by atoms with Gasteiger partial charge in [0.2, 0.25) is 5.91 Å². The quantitative estimate of drug-likeness (QED) is 0.766. The maximum atomic E-state index is 11.7. The van der Waals surface area contributed by atoms with Crippen LogP contribution in [-0.4, -0.2) is 16.8 Å². The zero-order valence-corrected chi connectivity index (χ0v) is 15.6. The van der Waals surface area contributed by atoms with Gasteiger partial charge in [-0.2, -0.15) is 0 Å². The molecule has 2 heterocycles. The standard InChI is InChI=1S/C22H21N3O2/c1-12-7-9-15(10-8-12)21-19-13(2)5-4-6-16(19)20-14(3)25-27-22(20)17(24-21)11-18(23)26/h4-10,17H,11H2,1-3H3,(H2,23,26)/t17-/m0/s1. The minimum absolute atomic E-state index is 0.0734. The number of amides is 1. The molecule has 0 fully saturated rings. The number of fused-ring (bicyclic) bond motifs is 3. The van der Waals surface area contributed by atoms with Gasteiger partial charge in [-0.1, -0.05) is 53.2 Å². The van der Waals surface area contributed by atoms with Gasteiger partial charge in [0.05, 0.1) is 23.4 Å². The van der Waals surface area contributed by atoms with E-state index in [0.29, 0.717) is 5.76 Å². The second kappa shape index (κ2) is 6.50. The molecule has 0 aliphatic carbocycles. The van der Waals surface area contributed by atoms with Gasteiger partial charge in [0.15, 0.2) is 5.76 Å². The van der Waals surface area contributed by atoms with Crippen molar-refractivity contribution in [2.45, 2.75) is 33.2 Å². The molecule has 1 aromatic heterocycles. The Balaban J connectivity index is 2.04. The number of carbonyl (C=O) groups excluding carboxylic acids is 1. The van der Waals surface area contributed by atoms with Crippen molar-refractivity contribution in [1.29, 1.82) is 0 Å². The van der Waals surface area contributed by atoms with Crippen molar-refractivity contribution >= 4 is 11.6 Å². The van der Waals surface area contributed by atoms with E-state index >= 15 is 0 Å². The summed E-state index contributed by atoms with van der Waals surface area (Å²) in [6, 6.07) is 13.9. The van der Waals surface area contributed by atoms with E-state index in [4.69, 9.17) is 15.2 Å². The number of nitrogens with zero attached hydrogens (tertiary/aromatic N) is 2. The van der Waals surface area contributed by atoms with Crippen LogP contribution in [0.5, 0.6) is 0 Å². The third-order valence-electron chi connectivity index (χ3n) is 4.98. The predicted octanol–water partition coefficient (Wildman–Crippen LogP) is 4.03. The van der Waals surface area contributed by atoms with Crippen LogP contribution in [0.4, 0.5) is 0 Å². The first-order valence-electron chi connectivity index (χ1n) is 8.95. The summed E-state index contributed by atoms with van der Waals surface area (Å²) in [5.41, 5.74) is 13.4. The van der Waals surface area contributed by atoms with Crippen molar-refractivity contribution in [2.75, 3.05) is 0 Å². The Morgan fingerprint density at radius 3 is 2.52 bits per heavy atom. The first-order valence-corrected chi connectivity index (χ1v) is 8.95. The lowest BCUT2D eigenvalue weighted by atomic mass is 9.89. The second-order valence-corrected chi connectivity index (χ2v) is 7.03. The molecule has 136 valence electrons. The fraction of sp³-hybridized carbons (Fsp3) is 0.227. The van der Waals surface area contributed by atoms with E-state index in [1.54, 1.807) is 0 Å². The van der Waals surface area contributed by atoms with Gasteiger partial charge >= 0.3 is 0 Å². The van der Waals surface area contributed by atoms with Crippen LogP contribution < -0.4 is 5.73 Å². The molecule has 27 heavy (non-hydrogen) atoms. The lowest BCUT2D eigenvalue weighted by Crippen LogP contribution is -2.15. The van der Waals surface area contributed by atoms with Crippen LogP contribution in [0.25, 0.3) is 11.1 Å². The molecule has 0 spiro atoms. The fourth-order valence-corrected chi connectivity index (χ4v) is 3.67. The topological polar surface area (TPSA) is 81.5 Å². The zero-order valence-electron chi connectivity index (χ0n) is 15.6. The molecule has 1 aliphatic heterocycles. The van der Waals surface area contributed by atoms with Gasteiger partial charge in [0.1, 0.15) is 6.04 Å². The van der Waals surface area contributed by atoms with Crippen LogP contribution in [0.15, 0.2) is 52.0 Å². The van der Waals surface area contributed by atoms with E-state index in [2.05, 4.69) is 55.4 Å². The van der Waals surface area contributed by atoms with Gasteiger partial charge in [-0.25, -0.2) is 0 Å². The number of benzene rings is 2. The third-order valence-corrected chi connectivity index (χ3v) is 4.98. The summed E-state index contributed by atoms with van der Waals surface area (Å²) in [4.78, 5) is 16.7. The summed E-state index contributed by atoms with van der Waals surface area (Å²) in [7, 11) is 0. The molecule has 0 bridgehead atoms. The molecule has 0 unspecified atom stereocenters. The highest BCUT2D eigenvalue weighted by Crippen LogP contribution is 2.41. The van der Waals surface area contributed by atoms with Crippen LogP contribution >= 0.6 is 0 Å². The largest absolute Gasteiger partial charge is 0.370 e. The van der Waals surface area contributed by atoms with Crippen molar-refractivity contribution < 1.29 is 9.32 Å². The summed E-state index contributed by atoms with van der Waals surface area (Å²) in [6.45, 7) is 6.03. The van der Waals surface area contributed by atoms with E-state index in [0.717, 1.165) is 39.2 Å². The molecule has 1 aliphatic rings. The van der Waals surface area contributed by atoms with Crippen LogP contribution in [0, 0.1) is 20.8 Å². The summed E-state index contributed by atoms with van der Waals surface area (Å²) >= 11 is 0. The fourth-order valence-electron chi connectivity index (χ4n) is 3.67. The monoisotopic (exact) mass is 359 g/mol. The van der Waals surface area contributed by atoms with Gasteiger partial charge in [0, 0.05) is 11.1 Å². The summed E-state index contributed by atoms with van der Waals surface area (Å²) in [5.74, 6) is 0.176. The average Bonchev–Trinajstić information content (AvgIpc) is 2.94. The zero-order chi connectivity index (χ0) is 19.1. The second-order valence-electron chi connectivity index (χ2n) is 7.03. The SMILES string of the molecule is Cc1ccc(C2=N[C@@H](CC(N)=O)c3onc(C)c3-c3cccc(C)c32)cc1. The molecule has 1 atom stereocenters. The molecule has 0 saturated carbocycles. The lowest BCUT2D eigenvalue weighted by Gasteiger charge is -2.14. The van der Waals surface area contributed by atoms with Gasteiger partial charge < -0.3 is 10.3 Å². The maximum Gasteiger partial charge on any atom is 0.220 e. The lowest BCUT2D eigenvalue weighted by molar-refractivity contribution is -0.118. The van der Waals surface area contributed by atoms with Crippen molar-refractivity contribution in [3.8, 4) is 11.1 Å². The minimum Gasteiger partial charge on any atom is -0.370 e. The number of primary amides is 1. The molecule has 4 rings (SSSR count). The molecular formula is C22H21N3O2. The Labute approximate surface area is 157 Å². The minimum atomic E-state index is -0.498. The molecular weight excluding hydrogens is 338 g/mol. The Morgan fingerprint density at radius 2 is 1.81 bits per heavy atom. The third kappa shape index (κ3) is 2.95. The van der Waals surface area contributed by atoms with Crippen LogP contribution in [0.1, 0.15) is 46.2 Å². The smallest absolute Gasteiger partial charge is 0.220 e. The van der Waals surface area contributed by atoms with E-state index < -0.39 is 11.9 Å². The van der Waals surface area contributed by atoms with Crippen molar-refractivity contribution in [3.05, 3.63) is 76.2 Å². The Kier molecular flexibility index (Phi) is 4.15. The summed E-state index contributed by atoms with van der Waals surface area (Å²) in [6.07, 6.45) is 0.0734. The highest BCUT2D eigenvalue weighted by atomic mass is 16.5. The summed E-state index contributed by atoms with van der Waals surface area (Å²) in [5, 5.41) is 4.14. The molecule has 5 nitrogen and oxygen atoms in total. The molecule has 5 heteroatoms. The van der Waals surface area contributed by atoms with Gasteiger partial charge in [-0.15, -0.1) is 0 Å². The summed E-state index contributed by atoms with van der Waals surface area (Å²) < 4.78 is 5.62. The maximum absolute atomic E-state index is 11.7. The Bertz CT molecular complexity index is 1060. The average molecular weight is 359 g/mol. The van der Waals surface area contributed by atoms with Gasteiger partial charge in [-0.3, -0.25) is 9.79 Å². The molecule has 0 radical (unpaired) electrons. The first kappa shape index (κ1) is 17.2. The van der Waals surface area contributed by atoms with E-state index in [1.165, 1.54) is 5.56 Å². The van der Waals surface area contributed by atoms with Crippen molar-refractivity contribution in [2.24, 2.45) is 10.7 Å². The number of rotatable bonds is 3. The van der Waals surface area contributed by atoms with E-state index in [-0.39, 0.29) is 6.42 Å². The number of nitrogens with two attached hydrogens (primary N) is 1.